The normalized spacial score (nSPS) is 52.9. The van der Waals surface area contributed by atoms with Crippen molar-refractivity contribution in [2.24, 2.45) is 45.8 Å². The lowest BCUT2D eigenvalue weighted by Crippen LogP contribution is -2.62. The van der Waals surface area contributed by atoms with Gasteiger partial charge in [0.15, 0.2) is 0 Å². The number of carbonyl (C=O) groups is 1. The van der Waals surface area contributed by atoms with Gasteiger partial charge in [0.05, 0.1) is 12.2 Å². The first kappa shape index (κ1) is 21.6. The van der Waals surface area contributed by atoms with Crippen LogP contribution in [0.2, 0.25) is 0 Å². The Morgan fingerprint density at radius 2 is 1.72 bits per heavy atom. The summed E-state index contributed by atoms with van der Waals surface area (Å²) in [5, 5.41) is 30.9. The molecule has 0 aliphatic heterocycles. The van der Waals surface area contributed by atoms with Crippen LogP contribution in [0.1, 0.15) is 91.9 Å². The molecule has 0 aromatic rings. The van der Waals surface area contributed by atoms with Crippen LogP contribution in [0.4, 0.5) is 0 Å². The molecule has 3 N–H and O–H groups in total. The summed E-state index contributed by atoms with van der Waals surface area (Å²) in [6.45, 7) is 9.50. The molecule has 0 heterocycles. The molecule has 0 amide bonds. The number of carboxylic acids is 1. The van der Waals surface area contributed by atoms with Crippen molar-refractivity contribution in [2.75, 3.05) is 0 Å². The van der Waals surface area contributed by atoms with Crippen molar-refractivity contribution >= 4 is 5.97 Å². The fourth-order valence-corrected chi connectivity index (χ4v) is 9.17. The van der Waals surface area contributed by atoms with Crippen LogP contribution in [0.25, 0.3) is 0 Å². The molecule has 4 aliphatic carbocycles. The monoisotopic (exact) mass is 406 g/mol. The molecule has 0 aromatic carbocycles. The van der Waals surface area contributed by atoms with Gasteiger partial charge in [0.1, 0.15) is 0 Å². The van der Waals surface area contributed by atoms with Gasteiger partial charge in [0.2, 0.25) is 0 Å². The van der Waals surface area contributed by atoms with Gasteiger partial charge in [0, 0.05) is 6.42 Å². The van der Waals surface area contributed by atoms with Crippen molar-refractivity contribution in [1.29, 1.82) is 0 Å². The minimum absolute atomic E-state index is 0.0335. The third kappa shape index (κ3) is 3.19. The largest absolute Gasteiger partial charge is 0.481 e. The fraction of sp³-hybridized carbons (Fsp3) is 0.960. The Morgan fingerprint density at radius 3 is 2.41 bits per heavy atom. The summed E-state index contributed by atoms with van der Waals surface area (Å²) >= 11 is 0. The number of aliphatic hydroxyl groups is 2. The van der Waals surface area contributed by atoms with Crippen molar-refractivity contribution in [2.45, 2.75) is 104 Å². The summed E-state index contributed by atoms with van der Waals surface area (Å²) in [7, 11) is 0. The van der Waals surface area contributed by atoms with Crippen LogP contribution in [-0.4, -0.2) is 33.5 Å². The van der Waals surface area contributed by atoms with Crippen LogP contribution in [-0.2, 0) is 4.79 Å². The Kier molecular flexibility index (Phi) is 5.38. The smallest absolute Gasteiger partial charge is 0.303 e. The molecule has 166 valence electrons. The van der Waals surface area contributed by atoms with Crippen molar-refractivity contribution in [3.05, 3.63) is 0 Å². The Morgan fingerprint density at radius 1 is 1.00 bits per heavy atom. The quantitative estimate of drug-likeness (QED) is 0.622. The first-order valence-corrected chi connectivity index (χ1v) is 12.1. The number of carboxylic acid groups (broad SMARTS) is 1. The number of aliphatic carboxylic acids is 1. The Hall–Kier alpha value is -0.610. The summed E-state index contributed by atoms with van der Waals surface area (Å²) in [5.41, 5.74) is 0.481. The maximum atomic E-state index is 11.4. The number of aliphatic hydroxyl groups excluding tert-OH is 2. The van der Waals surface area contributed by atoms with Crippen molar-refractivity contribution < 1.29 is 20.1 Å². The molecule has 4 nitrogen and oxygen atoms in total. The van der Waals surface area contributed by atoms with Gasteiger partial charge in [-0.1, -0.05) is 27.7 Å². The topological polar surface area (TPSA) is 77.8 Å². The molecule has 4 rings (SSSR count). The molecular formula is C25H42O4. The van der Waals surface area contributed by atoms with Gasteiger partial charge in [0.25, 0.3) is 0 Å². The van der Waals surface area contributed by atoms with Gasteiger partial charge in [-0.2, -0.15) is 0 Å². The maximum Gasteiger partial charge on any atom is 0.303 e. The van der Waals surface area contributed by atoms with E-state index in [4.69, 9.17) is 5.11 Å². The highest BCUT2D eigenvalue weighted by Crippen LogP contribution is 2.71. The molecule has 0 saturated heterocycles. The zero-order chi connectivity index (χ0) is 21.2. The standard InChI is InChI=1S/C25H42O4/c1-15(5-8-21(28)29)17-6-7-18-22-19(10-11-24(17,18)3)25(4)12-9-16(26)13-23(25,2)14-20(22)27/h15-20,22,26-27H,5-14H2,1-4H3,(H,28,29). The lowest BCUT2D eigenvalue weighted by molar-refractivity contribution is -0.210. The van der Waals surface area contributed by atoms with E-state index in [0.717, 1.165) is 32.1 Å². The summed E-state index contributed by atoms with van der Waals surface area (Å²) < 4.78 is 0. The van der Waals surface area contributed by atoms with Crippen LogP contribution < -0.4 is 0 Å². The van der Waals surface area contributed by atoms with E-state index >= 15 is 0 Å². The summed E-state index contributed by atoms with van der Waals surface area (Å²) in [5.74, 6) is 1.81. The molecule has 4 heteroatoms. The third-order valence-corrected chi connectivity index (χ3v) is 10.9. The second-order valence-corrected chi connectivity index (χ2v) is 12.1. The summed E-state index contributed by atoms with van der Waals surface area (Å²) in [6, 6.07) is 0. The van der Waals surface area contributed by atoms with E-state index in [1.807, 2.05) is 0 Å². The lowest BCUT2D eigenvalue weighted by atomic mass is 9.39. The summed E-state index contributed by atoms with van der Waals surface area (Å²) in [6.07, 6.45) is 8.98. The van der Waals surface area contributed by atoms with Gasteiger partial charge in [-0.3, -0.25) is 4.79 Å². The summed E-state index contributed by atoms with van der Waals surface area (Å²) in [4.78, 5) is 11.1. The molecule has 0 radical (unpaired) electrons. The van der Waals surface area contributed by atoms with Crippen LogP contribution in [0.15, 0.2) is 0 Å². The second kappa shape index (κ2) is 7.22. The van der Waals surface area contributed by atoms with Gasteiger partial charge in [-0.25, -0.2) is 0 Å². The van der Waals surface area contributed by atoms with Gasteiger partial charge < -0.3 is 15.3 Å². The van der Waals surface area contributed by atoms with Crippen LogP contribution >= 0.6 is 0 Å². The second-order valence-electron chi connectivity index (χ2n) is 12.1. The van der Waals surface area contributed by atoms with Gasteiger partial charge >= 0.3 is 5.97 Å². The fourth-order valence-electron chi connectivity index (χ4n) is 9.17. The van der Waals surface area contributed by atoms with Crippen molar-refractivity contribution in [1.82, 2.24) is 0 Å². The van der Waals surface area contributed by atoms with E-state index in [9.17, 15) is 15.0 Å². The highest BCUT2D eigenvalue weighted by Gasteiger charge is 2.65. The molecule has 10 atom stereocenters. The van der Waals surface area contributed by atoms with Crippen LogP contribution in [0.5, 0.6) is 0 Å². The minimum atomic E-state index is -0.686. The molecular weight excluding hydrogens is 364 g/mol. The zero-order valence-corrected chi connectivity index (χ0v) is 18.9. The van der Waals surface area contributed by atoms with Gasteiger partial charge in [-0.15, -0.1) is 0 Å². The molecule has 4 saturated carbocycles. The van der Waals surface area contributed by atoms with Crippen molar-refractivity contribution in [3.8, 4) is 0 Å². The molecule has 4 fully saturated rings. The van der Waals surface area contributed by atoms with E-state index in [1.165, 1.54) is 25.7 Å². The number of hydrogen-bond acceptors (Lipinski definition) is 3. The molecule has 0 bridgehead atoms. The number of fused-ring (bicyclic) bond motifs is 5. The maximum absolute atomic E-state index is 11.4. The predicted molar refractivity (Wildman–Crippen MR) is 113 cm³/mol. The van der Waals surface area contributed by atoms with Crippen molar-refractivity contribution in [3.63, 3.8) is 0 Å². The Balaban J connectivity index is 1.59. The SMILES string of the molecule is CC(CCC(=O)O)C1CCC2C3C(O)CC4(C)CC(O)CCC4(C)C3CCC12C. The lowest BCUT2D eigenvalue weighted by Gasteiger charge is -2.66. The Labute approximate surface area is 176 Å². The molecule has 4 aliphatic rings. The Bertz CT molecular complexity index is 649. The molecule has 0 spiro atoms. The first-order valence-electron chi connectivity index (χ1n) is 12.1. The first-order chi connectivity index (χ1) is 13.5. The third-order valence-electron chi connectivity index (χ3n) is 10.9. The molecule has 0 aromatic heterocycles. The van der Waals surface area contributed by atoms with E-state index < -0.39 is 5.97 Å². The molecule has 29 heavy (non-hydrogen) atoms. The number of hydrogen-bond donors (Lipinski definition) is 3. The highest BCUT2D eigenvalue weighted by molar-refractivity contribution is 5.66. The van der Waals surface area contributed by atoms with Crippen LogP contribution in [0, 0.1) is 45.8 Å². The average Bonchev–Trinajstić information content (AvgIpc) is 2.98. The van der Waals surface area contributed by atoms with E-state index in [0.29, 0.717) is 29.6 Å². The minimum Gasteiger partial charge on any atom is -0.481 e. The van der Waals surface area contributed by atoms with E-state index in [-0.39, 0.29) is 34.9 Å². The zero-order valence-electron chi connectivity index (χ0n) is 18.9. The van der Waals surface area contributed by atoms with E-state index in [2.05, 4.69) is 27.7 Å². The van der Waals surface area contributed by atoms with Gasteiger partial charge in [-0.05, 0) is 104 Å². The van der Waals surface area contributed by atoms with Crippen LogP contribution in [0.3, 0.4) is 0 Å². The average molecular weight is 407 g/mol. The number of rotatable bonds is 4. The highest BCUT2D eigenvalue weighted by atomic mass is 16.4. The predicted octanol–water partition coefficient (Wildman–Crippen LogP) is 4.87. The van der Waals surface area contributed by atoms with E-state index in [1.54, 1.807) is 0 Å². The molecule has 10 unspecified atom stereocenters.